The van der Waals surface area contributed by atoms with E-state index in [4.69, 9.17) is 0 Å². The summed E-state index contributed by atoms with van der Waals surface area (Å²) >= 11 is 0. The second-order valence-electron chi connectivity index (χ2n) is 6.85. The molecule has 0 aromatic carbocycles. The monoisotopic (exact) mass is 355 g/mol. The van der Waals surface area contributed by atoms with Crippen molar-refractivity contribution in [1.29, 1.82) is 0 Å². The highest BCUT2D eigenvalue weighted by Crippen LogP contribution is 2.22. The minimum absolute atomic E-state index is 0.0358. The molecule has 3 rings (SSSR count). The van der Waals surface area contributed by atoms with E-state index in [1.807, 2.05) is 37.0 Å². The average molecular weight is 355 g/mol. The van der Waals surface area contributed by atoms with Gasteiger partial charge in [0.05, 0.1) is 5.92 Å². The third-order valence-corrected chi connectivity index (χ3v) is 4.85. The van der Waals surface area contributed by atoms with Gasteiger partial charge in [0.25, 0.3) is 0 Å². The zero-order valence-corrected chi connectivity index (χ0v) is 15.3. The predicted molar refractivity (Wildman–Crippen MR) is 96.9 cm³/mol. The van der Waals surface area contributed by atoms with Crippen LogP contribution in [0.2, 0.25) is 0 Å². The molecule has 1 unspecified atom stereocenters. The third-order valence-electron chi connectivity index (χ3n) is 4.85. The quantitative estimate of drug-likeness (QED) is 0.750. The number of hydrogen-bond acceptors (Lipinski definition) is 4. The molecular weight excluding hydrogens is 330 g/mol. The van der Waals surface area contributed by atoms with E-state index < -0.39 is 0 Å². The van der Waals surface area contributed by atoms with Crippen molar-refractivity contribution in [3.63, 3.8) is 0 Å². The SMILES string of the molecule is CN(CCCc1nccn1C)C(=O)C1CC(=O)N(Cc2cccnc2)C1. The largest absolute Gasteiger partial charge is 0.345 e. The maximum absolute atomic E-state index is 12.7. The van der Waals surface area contributed by atoms with Crippen LogP contribution >= 0.6 is 0 Å². The number of amides is 2. The van der Waals surface area contributed by atoms with Gasteiger partial charge in [0, 0.05) is 71.4 Å². The maximum atomic E-state index is 12.7. The highest BCUT2D eigenvalue weighted by atomic mass is 16.2. The molecule has 0 N–H and O–H groups in total. The van der Waals surface area contributed by atoms with Crippen molar-refractivity contribution in [3.8, 4) is 0 Å². The van der Waals surface area contributed by atoms with Gasteiger partial charge < -0.3 is 14.4 Å². The van der Waals surface area contributed by atoms with Gasteiger partial charge in [-0.3, -0.25) is 14.6 Å². The smallest absolute Gasteiger partial charge is 0.227 e. The Morgan fingerprint density at radius 3 is 2.92 bits per heavy atom. The van der Waals surface area contributed by atoms with Crippen molar-refractivity contribution in [2.75, 3.05) is 20.1 Å². The summed E-state index contributed by atoms with van der Waals surface area (Å²) in [5, 5.41) is 0. The number of hydrogen-bond donors (Lipinski definition) is 0. The van der Waals surface area contributed by atoms with E-state index in [2.05, 4.69) is 9.97 Å². The highest BCUT2D eigenvalue weighted by molar-refractivity contribution is 5.89. The van der Waals surface area contributed by atoms with Crippen LogP contribution in [-0.2, 0) is 29.6 Å². The van der Waals surface area contributed by atoms with Crippen molar-refractivity contribution in [2.45, 2.75) is 25.8 Å². The molecule has 3 heterocycles. The second-order valence-corrected chi connectivity index (χ2v) is 6.85. The lowest BCUT2D eigenvalue weighted by Gasteiger charge is -2.21. The molecule has 0 radical (unpaired) electrons. The van der Waals surface area contributed by atoms with Crippen molar-refractivity contribution in [3.05, 3.63) is 48.3 Å². The van der Waals surface area contributed by atoms with E-state index in [1.54, 1.807) is 28.4 Å². The molecule has 1 aliphatic rings. The molecule has 1 saturated heterocycles. The van der Waals surface area contributed by atoms with E-state index >= 15 is 0 Å². The summed E-state index contributed by atoms with van der Waals surface area (Å²) in [7, 11) is 3.78. The molecular formula is C19H25N5O2. The number of likely N-dealkylation sites (tertiary alicyclic amines) is 1. The Hall–Kier alpha value is -2.70. The molecule has 1 fully saturated rings. The molecule has 0 aliphatic carbocycles. The van der Waals surface area contributed by atoms with Crippen molar-refractivity contribution in [2.24, 2.45) is 13.0 Å². The lowest BCUT2D eigenvalue weighted by molar-refractivity contribution is -0.134. The fraction of sp³-hybridized carbons (Fsp3) is 0.474. The first-order valence-electron chi connectivity index (χ1n) is 8.92. The van der Waals surface area contributed by atoms with Gasteiger partial charge in [0.15, 0.2) is 0 Å². The third kappa shape index (κ3) is 4.28. The minimum atomic E-state index is -0.252. The Balaban J connectivity index is 1.48. The van der Waals surface area contributed by atoms with Crippen LogP contribution in [0.3, 0.4) is 0 Å². The number of nitrogens with zero attached hydrogens (tertiary/aromatic N) is 5. The zero-order valence-electron chi connectivity index (χ0n) is 15.3. The Morgan fingerprint density at radius 2 is 2.23 bits per heavy atom. The van der Waals surface area contributed by atoms with Gasteiger partial charge in [0.1, 0.15) is 5.82 Å². The molecule has 138 valence electrons. The highest BCUT2D eigenvalue weighted by Gasteiger charge is 2.35. The predicted octanol–water partition coefficient (Wildman–Crippen LogP) is 1.25. The van der Waals surface area contributed by atoms with E-state index in [0.717, 1.165) is 24.2 Å². The molecule has 2 aromatic rings. The molecule has 7 nitrogen and oxygen atoms in total. The summed E-state index contributed by atoms with van der Waals surface area (Å²) in [6.45, 7) is 1.66. The normalized spacial score (nSPS) is 16.9. The van der Waals surface area contributed by atoms with Gasteiger partial charge in [-0.2, -0.15) is 0 Å². The van der Waals surface area contributed by atoms with Gasteiger partial charge >= 0.3 is 0 Å². The maximum Gasteiger partial charge on any atom is 0.227 e. The number of rotatable bonds is 7. The van der Waals surface area contributed by atoms with Gasteiger partial charge in [0.2, 0.25) is 11.8 Å². The second kappa shape index (κ2) is 8.12. The molecule has 0 spiro atoms. The number of carbonyl (C=O) groups excluding carboxylic acids is 2. The summed E-state index contributed by atoms with van der Waals surface area (Å²) in [5.41, 5.74) is 0.984. The topological polar surface area (TPSA) is 71.3 Å². The minimum Gasteiger partial charge on any atom is -0.345 e. The number of aryl methyl sites for hydroxylation is 2. The van der Waals surface area contributed by atoms with E-state index in [-0.39, 0.29) is 17.7 Å². The lowest BCUT2D eigenvalue weighted by Crippen LogP contribution is -2.35. The number of pyridine rings is 1. The Bertz CT molecular complexity index is 758. The van der Waals surface area contributed by atoms with Crippen molar-refractivity contribution < 1.29 is 9.59 Å². The molecule has 7 heteroatoms. The van der Waals surface area contributed by atoms with Crippen LogP contribution in [0.4, 0.5) is 0 Å². The standard InChI is InChI=1S/C19H25N5O2/c1-22-10-8-21-17(22)6-4-9-23(2)19(26)16-11-18(25)24(14-16)13-15-5-3-7-20-12-15/h3,5,7-8,10,12,16H,4,6,9,11,13-14H2,1-2H3. The van der Waals surface area contributed by atoms with Crippen LogP contribution in [0.5, 0.6) is 0 Å². The first-order chi connectivity index (χ1) is 12.5. The summed E-state index contributed by atoms with van der Waals surface area (Å²) in [4.78, 5) is 36.8. The molecule has 2 aromatic heterocycles. The van der Waals surface area contributed by atoms with Crippen LogP contribution < -0.4 is 0 Å². The molecule has 1 atom stereocenters. The fourth-order valence-electron chi connectivity index (χ4n) is 3.34. The summed E-state index contributed by atoms with van der Waals surface area (Å²) in [5.74, 6) is 0.849. The van der Waals surface area contributed by atoms with Crippen LogP contribution in [0.15, 0.2) is 36.9 Å². The molecule has 1 aliphatic heterocycles. The average Bonchev–Trinajstić information content (AvgIpc) is 3.21. The number of imidazole rings is 1. The molecule has 0 saturated carbocycles. The first-order valence-corrected chi connectivity index (χ1v) is 8.92. The van der Waals surface area contributed by atoms with Crippen LogP contribution in [0.1, 0.15) is 24.2 Å². The van der Waals surface area contributed by atoms with Crippen molar-refractivity contribution >= 4 is 11.8 Å². The van der Waals surface area contributed by atoms with E-state index in [0.29, 0.717) is 26.1 Å². The Morgan fingerprint density at radius 1 is 1.38 bits per heavy atom. The van der Waals surface area contributed by atoms with Gasteiger partial charge in [-0.15, -0.1) is 0 Å². The summed E-state index contributed by atoms with van der Waals surface area (Å²) in [6.07, 6.45) is 9.15. The number of aromatic nitrogens is 3. The lowest BCUT2D eigenvalue weighted by atomic mass is 10.1. The molecule has 0 bridgehead atoms. The molecule has 26 heavy (non-hydrogen) atoms. The summed E-state index contributed by atoms with van der Waals surface area (Å²) in [6, 6.07) is 3.80. The van der Waals surface area contributed by atoms with E-state index in [1.165, 1.54) is 0 Å². The van der Waals surface area contributed by atoms with Gasteiger partial charge in [-0.05, 0) is 18.1 Å². The first kappa shape index (κ1) is 18.1. The van der Waals surface area contributed by atoms with Crippen LogP contribution in [-0.4, -0.2) is 56.3 Å². The van der Waals surface area contributed by atoms with E-state index in [9.17, 15) is 9.59 Å². The Labute approximate surface area is 153 Å². The number of carbonyl (C=O) groups is 2. The van der Waals surface area contributed by atoms with Crippen LogP contribution in [0, 0.1) is 5.92 Å². The van der Waals surface area contributed by atoms with Crippen LogP contribution in [0.25, 0.3) is 0 Å². The van der Waals surface area contributed by atoms with Crippen molar-refractivity contribution in [1.82, 2.24) is 24.3 Å². The van der Waals surface area contributed by atoms with Gasteiger partial charge in [-0.25, -0.2) is 4.98 Å². The van der Waals surface area contributed by atoms with Gasteiger partial charge in [-0.1, -0.05) is 6.07 Å². The Kier molecular flexibility index (Phi) is 5.65. The zero-order chi connectivity index (χ0) is 18.5. The fourth-order valence-corrected chi connectivity index (χ4v) is 3.34. The molecule has 2 amide bonds. The summed E-state index contributed by atoms with van der Waals surface area (Å²) < 4.78 is 1.99.